The first-order valence-electron chi connectivity index (χ1n) is 6.61. The monoisotopic (exact) mass is 428 g/mol. The van der Waals surface area contributed by atoms with Crippen LogP contribution in [-0.2, 0) is 16.0 Å². The third-order valence-electron chi connectivity index (χ3n) is 2.61. The lowest BCUT2D eigenvalue weighted by atomic mass is 10.4. The fourth-order valence-corrected chi connectivity index (χ4v) is 2.48. The number of guanidine groups is 1. The molecule has 0 saturated carbocycles. The molecule has 1 rings (SSSR count). The zero-order valence-electron chi connectivity index (χ0n) is 13.1. The highest BCUT2D eigenvalue weighted by atomic mass is 127. The minimum atomic E-state index is 0. The van der Waals surface area contributed by atoms with E-state index in [0.29, 0.717) is 26.4 Å². The maximum Gasteiger partial charge on any atom is 0.191 e. The average Bonchev–Trinajstić information content (AvgIpc) is 2.75. The Balaban J connectivity index is 0.00000400. The van der Waals surface area contributed by atoms with E-state index in [1.54, 1.807) is 25.5 Å². The van der Waals surface area contributed by atoms with Gasteiger partial charge >= 0.3 is 0 Å². The Morgan fingerprint density at radius 1 is 1.24 bits per heavy atom. The summed E-state index contributed by atoms with van der Waals surface area (Å²) >= 11 is 1.71. The summed E-state index contributed by atoms with van der Waals surface area (Å²) in [5.41, 5.74) is 1.08. The summed E-state index contributed by atoms with van der Waals surface area (Å²) in [5.74, 6) is 0.769. The second kappa shape index (κ2) is 12.1. The van der Waals surface area contributed by atoms with Gasteiger partial charge in [-0.15, -0.1) is 35.3 Å². The first-order chi connectivity index (χ1) is 9.67. The number of nitrogens with zero attached hydrogens (tertiary/aromatic N) is 2. The number of halogens is 1. The van der Waals surface area contributed by atoms with Crippen molar-refractivity contribution in [2.75, 3.05) is 40.5 Å². The summed E-state index contributed by atoms with van der Waals surface area (Å²) in [6.45, 7) is 7.36. The second-order valence-electron chi connectivity index (χ2n) is 4.20. The molecule has 122 valence electrons. The lowest BCUT2D eigenvalue weighted by Crippen LogP contribution is -2.38. The zero-order chi connectivity index (χ0) is 14.8. The van der Waals surface area contributed by atoms with Crippen LogP contribution in [0.3, 0.4) is 0 Å². The average molecular weight is 428 g/mol. The molecule has 1 aromatic heterocycles. The van der Waals surface area contributed by atoms with E-state index >= 15 is 0 Å². The van der Waals surface area contributed by atoms with Gasteiger partial charge in [-0.1, -0.05) is 0 Å². The Morgan fingerprint density at radius 2 is 2.00 bits per heavy atom. The highest BCUT2D eigenvalue weighted by molar-refractivity contribution is 14.0. The number of aliphatic imine (C=N–C) groups is 1. The fraction of sp³-hybridized carbons (Fsp3) is 0.692. The molecule has 0 aliphatic rings. The fourth-order valence-electron chi connectivity index (χ4n) is 1.61. The summed E-state index contributed by atoms with van der Waals surface area (Å²) in [6.07, 6.45) is 0. The van der Waals surface area contributed by atoms with E-state index < -0.39 is 0 Å². The quantitative estimate of drug-likeness (QED) is 0.286. The third-order valence-corrected chi connectivity index (χ3v) is 3.68. The molecule has 8 heteroatoms. The summed E-state index contributed by atoms with van der Waals surface area (Å²) in [6, 6.07) is 0. The number of hydrogen-bond acceptors (Lipinski definition) is 5. The topological polar surface area (TPSA) is 67.8 Å². The highest BCUT2D eigenvalue weighted by Crippen LogP contribution is 2.16. The third kappa shape index (κ3) is 8.54. The normalized spacial score (nSPS) is 11.1. The molecule has 2 N–H and O–H groups in total. The van der Waals surface area contributed by atoms with Crippen molar-refractivity contribution in [1.82, 2.24) is 15.6 Å². The molecule has 0 saturated heterocycles. The van der Waals surface area contributed by atoms with Crippen molar-refractivity contribution in [2.45, 2.75) is 20.4 Å². The van der Waals surface area contributed by atoms with Crippen molar-refractivity contribution in [3.05, 3.63) is 15.6 Å². The number of aryl methyl sites for hydroxylation is 2. The van der Waals surface area contributed by atoms with Crippen molar-refractivity contribution in [3.63, 3.8) is 0 Å². The largest absolute Gasteiger partial charge is 0.382 e. The molecule has 0 radical (unpaired) electrons. The molecule has 0 unspecified atom stereocenters. The van der Waals surface area contributed by atoms with Crippen LogP contribution in [0.1, 0.15) is 15.6 Å². The lowest BCUT2D eigenvalue weighted by molar-refractivity contribution is 0.0733. The van der Waals surface area contributed by atoms with Gasteiger partial charge in [0.2, 0.25) is 0 Å². The minimum Gasteiger partial charge on any atom is -0.382 e. The van der Waals surface area contributed by atoms with Gasteiger partial charge in [0.1, 0.15) is 0 Å². The summed E-state index contributed by atoms with van der Waals surface area (Å²) < 4.78 is 10.3. The predicted molar refractivity (Wildman–Crippen MR) is 97.9 cm³/mol. The van der Waals surface area contributed by atoms with Gasteiger partial charge in [-0.25, -0.2) is 4.98 Å². The number of nitrogens with one attached hydrogen (secondary N) is 2. The van der Waals surface area contributed by atoms with Crippen LogP contribution < -0.4 is 10.6 Å². The zero-order valence-corrected chi connectivity index (χ0v) is 16.2. The van der Waals surface area contributed by atoms with E-state index in [0.717, 1.165) is 23.2 Å². The summed E-state index contributed by atoms with van der Waals surface area (Å²) in [5, 5.41) is 7.56. The van der Waals surface area contributed by atoms with Crippen LogP contribution in [0.25, 0.3) is 0 Å². The van der Waals surface area contributed by atoms with Crippen LogP contribution >= 0.6 is 35.3 Å². The Kier molecular flexibility index (Phi) is 11.9. The minimum absolute atomic E-state index is 0. The van der Waals surface area contributed by atoms with Crippen molar-refractivity contribution < 1.29 is 9.47 Å². The van der Waals surface area contributed by atoms with E-state index in [4.69, 9.17) is 9.47 Å². The van der Waals surface area contributed by atoms with E-state index in [1.165, 1.54) is 4.88 Å². The first-order valence-corrected chi connectivity index (χ1v) is 7.43. The van der Waals surface area contributed by atoms with Gasteiger partial charge in [0.05, 0.1) is 37.1 Å². The summed E-state index contributed by atoms with van der Waals surface area (Å²) in [4.78, 5) is 9.81. The van der Waals surface area contributed by atoms with Crippen molar-refractivity contribution in [3.8, 4) is 0 Å². The lowest BCUT2D eigenvalue weighted by Gasteiger charge is -2.11. The van der Waals surface area contributed by atoms with Crippen LogP contribution in [0, 0.1) is 13.8 Å². The number of aromatic nitrogens is 1. The van der Waals surface area contributed by atoms with Gasteiger partial charge in [-0.3, -0.25) is 4.99 Å². The Hall–Kier alpha value is -0.450. The smallest absolute Gasteiger partial charge is 0.191 e. The van der Waals surface area contributed by atoms with Crippen molar-refractivity contribution in [2.24, 2.45) is 4.99 Å². The molecule has 0 spiro atoms. The molecule has 6 nitrogen and oxygen atoms in total. The standard InChI is InChI=1S/C13H24N4O2S.HI/c1-10-12(20-11(2)17-10)9-16-13(14-3)15-5-6-19-8-7-18-4;/h5-9H2,1-4H3,(H2,14,15,16);1H. The predicted octanol–water partition coefficient (Wildman–Crippen LogP) is 1.71. The maximum atomic E-state index is 5.38. The molecule has 0 amide bonds. The molecule has 1 heterocycles. The molecule has 21 heavy (non-hydrogen) atoms. The SMILES string of the molecule is CN=C(NCCOCCOC)NCc1sc(C)nc1C.I. The van der Waals surface area contributed by atoms with Crippen molar-refractivity contribution in [1.29, 1.82) is 0 Å². The summed E-state index contributed by atoms with van der Waals surface area (Å²) in [7, 11) is 3.42. The van der Waals surface area contributed by atoms with Crippen LogP contribution in [0.5, 0.6) is 0 Å². The van der Waals surface area contributed by atoms with Gasteiger partial charge in [0, 0.05) is 25.6 Å². The first kappa shape index (κ1) is 20.6. The van der Waals surface area contributed by atoms with Gasteiger partial charge in [0.25, 0.3) is 0 Å². The number of hydrogen-bond donors (Lipinski definition) is 2. The maximum absolute atomic E-state index is 5.38. The molecular weight excluding hydrogens is 403 g/mol. The highest BCUT2D eigenvalue weighted by Gasteiger charge is 2.05. The van der Waals surface area contributed by atoms with Crippen LogP contribution in [-0.4, -0.2) is 51.5 Å². The molecular formula is C13H25IN4O2S. The molecule has 1 aromatic rings. The van der Waals surface area contributed by atoms with Crippen LogP contribution in [0.4, 0.5) is 0 Å². The van der Waals surface area contributed by atoms with Gasteiger partial charge in [0.15, 0.2) is 5.96 Å². The number of rotatable bonds is 8. The van der Waals surface area contributed by atoms with Crippen LogP contribution in [0.2, 0.25) is 0 Å². The van der Waals surface area contributed by atoms with E-state index in [-0.39, 0.29) is 24.0 Å². The van der Waals surface area contributed by atoms with Crippen molar-refractivity contribution >= 4 is 41.3 Å². The molecule has 0 aromatic carbocycles. The van der Waals surface area contributed by atoms with Gasteiger partial charge in [-0.2, -0.15) is 0 Å². The molecule has 0 fully saturated rings. The molecule has 0 aliphatic heterocycles. The van der Waals surface area contributed by atoms with Gasteiger partial charge in [-0.05, 0) is 13.8 Å². The number of methoxy groups -OCH3 is 1. The van der Waals surface area contributed by atoms with E-state index in [1.807, 2.05) is 13.8 Å². The number of thiazole rings is 1. The molecule has 0 aliphatic carbocycles. The van der Waals surface area contributed by atoms with E-state index in [9.17, 15) is 0 Å². The Morgan fingerprint density at radius 3 is 2.57 bits per heavy atom. The van der Waals surface area contributed by atoms with Gasteiger partial charge < -0.3 is 20.1 Å². The number of ether oxygens (including phenoxy) is 2. The molecule has 0 atom stereocenters. The van der Waals surface area contributed by atoms with Crippen LogP contribution in [0.15, 0.2) is 4.99 Å². The molecule has 0 bridgehead atoms. The Bertz CT molecular complexity index is 426. The second-order valence-corrected chi connectivity index (χ2v) is 5.49. The van der Waals surface area contributed by atoms with E-state index in [2.05, 4.69) is 20.6 Å². The Labute approximate surface area is 147 Å².